The van der Waals surface area contributed by atoms with E-state index in [4.69, 9.17) is 27.9 Å². The molecule has 1 fully saturated rings. The van der Waals surface area contributed by atoms with Gasteiger partial charge in [0, 0.05) is 10.0 Å². The molecule has 1 aromatic rings. The predicted molar refractivity (Wildman–Crippen MR) is 63.9 cm³/mol. The summed E-state index contributed by atoms with van der Waals surface area (Å²) in [7, 11) is 1.40. The highest BCUT2D eigenvalue weighted by atomic mass is 35.5. The molecular weight excluding hydrogens is 247 g/mol. The number of methoxy groups -OCH3 is 1. The van der Waals surface area contributed by atoms with Crippen LogP contribution in [0, 0.1) is 5.92 Å². The number of carbonyl (C=O) groups excluding carboxylic acids is 1. The zero-order chi connectivity index (χ0) is 11.7. The lowest BCUT2D eigenvalue weighted by molar-refractivity contribution is -0.143. The molecule has 2 nitrogen and oxygen atoms in total. The lowest BCUT2D eigenvalue weighted by Crippen LogP contribution is -2.16. The second kappa shape index (κ2) is 4.64. The Kier molecular flexibility index (Phi) is 3.41. The van der Waals surface area contributed by atoms with Crippen molar-refractivity contribution >= 4 is 29.2 Å². The van der Waals surface area contributed by atoms with Crippen LogP contribution in [0.5, 0.6) is 0 Å². The van der Waals surface area contributed by atoms with Crippen LogP contribution in [0.4, 0.5) is 0 Å². The zero-order valence-electron chi connectivity index (χ0n) is 8.87. The number of carbonyl (C=O) groups is 1. The van der Waals surface area contributed by atoms with Crippen LogP contribution in [-0.4, -0.2) is 13.1 Å². The van der Waals surface area contributed by atoms with Gasteiger partial charge in [0.05, 0.1) is 13.0 Å². The molecule has 1 aliphatic carbocycles. The van der Waals surface area contributed by atoms with Crippen LogP contribution in [0.3, 0.4) is 0 Å². The smallest absolute Gasteiger partial charge is 0.313 e. The largest absolute Gasteiger partial charge is 0.469 e. The second-order valence-electron chi connectivity index (χ2n) is 4.00. The molecule has 0 aromatic heterocycles. The molecule has 1 aliphatic rings. The first-order chi connectivity index (χ1) is 7.63. The topological polar surface area (TPSA) is 26.3 Å². The van der Waals surface area contributed by atoms with E-state index in [0.29, 0.717) is 16.0 Å². The van der Waals surface area contributed by atoms with E-state index in [1.165, 1.54) is 7.11 Å². The summed E-state index contributed by atoms with van der Waals surface area (Å²) < 4.78 is 4.82. The summed E-state index contributed by atoms with van der Waals surface area (Å²) in [5.74, 6) is -0.147. The van der Waals surface area contributed by atoms with Gasteiger partial charge < -0.3 is 4.74 Å². The standard InChI is InChI=1S/C12H12Cl2O2/c1-16-12(15)11(7-2-3-7)9-6-8(13)4-5-10(9)14/h4-7,11H,2-3H2,1H3. The van der Waals surface area contributed by atoms with Gasteiger partial charge in [-0.25, -0.2) is 0 Å². The minimum absolute atomic E-state index is 0.230. The highest BCUT2D eigenvalue weighted by Crippen LogP contribution is 2.45. The van der Waals surface area contributed by atoms with Gasteiger partial charge in [-0.15, -0.1) is 0 Å². The van der Waals surface area contributed by atoms with E-state index in [0.717, 1.165) is 18.4 Å². The third-order valence-electron chi connectivity index (χ3n) is 2.84. The summed E-state index contributed by atoms with van der Waals surface area (Å²) in [6.07, 6.45) is 2.09. The number of rotatable bonds is 3. The number of benzene rings is 1. The van der Waals surface area contributed by atoms with Crippen LogP contribution >= 0.6 is 23.2 Å². The van der Waals surface area contributed by atoms with E-state index < -0.39 is 0 Å². The normalized spacial score (nSPS) is 16.9. The minimum atomic E-state index is -0.267. The molecule has 1 saturated carbocycles. The molecule has 0 bridgehead atoms. The van der Waals surface area contributed by atoms with E-state index in [-0.39, 0.29) is 11.9 Å². The average molecular weight is 259 g/mol. The van der Waals surface area contributed by atoms with E-state index in [1.807, 2.05) is 0 Å². The van der Waals surface area contributed by atoms with Gasteiger partial charge in [-0.3, -0.25) is 4.79 Å². The molecule has 0 saturated heterocycles. The van der Waals surface area contributed by atoms with Gasteiger partial charge in [0.1, 0.15) is 0 Å². The quantitative estimate of drug-likeness (QED) is 0.774. The van der Waals surface area contributed by atoms with Crippen molar-refractivity contribution in [2.24, 2.45) is 5.92 Å². The molecule has 4 heteroatoms. The van der Waals surface area contributed by atoms with Crippen molar-refractivity contribution < 1.29 is 9.53 Å². The molecule has 0 heterocycles. The SMILES string of the molecule is COC(=O)C(c1cc(Cl)ccc1Cl)C1CC1. The van der Waals surface area contributed by atoms with Crippen LogP contribution in [0.2, 0.25) is 10.0 Å². The summed E-state index contributed by atoms with van der Waals surface area (Å²) in [6, 6.07) is 5.19. The van der Waals surface area contributed by atoms with E-state index in [9.17, 15) is 4.79 Å². The molecule has 0 spiro atoms. The average Bonchev–Trinajstić information content (AvgIpc) is 3.07. The molecule has 2 rings (SSSR count). The summed E-state index contributed by atoms with van der Waals surface area (Å²) >= 11 is 12.0. The van der Waals surface area contributed by atoms with Gasteiger partial charge in [0.25, 0.3) is 0 Å². The summed E-state index contributed by atoms with van der Waals surface area (Å²) in [4.78, 5) is 11.7. The van der Waals surface area contributed by atoms with Gasteiger partial charge in [-0.1, -0.05) is 23.2 Å². The molecule has 0 N–H and O–H groups in total. The Morgan fingerprint density at radius 3 is 2.69 bits per heavy atom. The summed E-state index contributed by atoms with van der Waals surface area (Å²) in [6.45, 7) is 0. The van der Waals surface area contributed by atoms with Crippen molar-refractivity contribution in [1.29, 1.82) is 0 Å². The number of hydrogen-bond donors (Lipinski definition) is 0. The highest BCUT2D eigenvalue weighted by Gasteiger charge is 2.39. The number of ether oxygens (including phenoxy) is 1. The van der Waals surface area contributed by atoms with Crippen molar-refractivity contribution in [3.05, 3.63) is 33.8 Å². The van der Waals surface area contributed by atoms with Crippen molar-refractivity contribution in [3.63, 3.8) is 0 Å². The van der Waals surface area contributed by atoms with Gasteiger partial charge >= 0.3 is 5.97 Å². The molecule has 86 valence electrons. The van der Waals surface area contributed by atoms with Crippen molar-refractivity contribution in [2.75, 3.05) is 7.11 Å². The molecule has 0 radical (unpaired) electrons. The molecule has 16 heavy (non-hydrogen) atoms. The van der Waals surface area contributed by atoms with Gasteiger partial charge in [-0.05, 0) is 42.5 Å². The van der Waals surface area contributed by atoms with Crippen molar-refractivity contribution in [3.8, 4) is 0 Å². The Morgan fingerprint density at radius 1 is 1.44 bits per heavy atom. The summed E-state index contributed by atoms with van der Waals surface area (Å²) in [5, 5.41) is 1.17. The Morgan fingerprint density at radius 2 is 2.12 bits per heavy atom. The minimum Gasteiger partial charge on any atom is -0.469 e. The van der Waals surface area contributed by atoms with E-state index >= 15 is 0 Å². The first-order valence-electron chi connectivity index (χ1n) is 5.16. The van der Waals surface area contributed by atoms with Crippen LogP contribution in [0.1, 0.15) is 24.3 Å². The fraction of sp³-hybridized carbons (Fsp3) is 0.417. The predicted octanol–water partition coefficient (Wildman–Crippen LogP) is 3.66. The monoisotopic (exact) mass is 258 g/mol. The molecule has 1 atom stereocenters. The molecule has 1 aromatic carbocycles. The maximum atomic E-state index is 11.7. The van der Waals surface area contributed by atoms with Gasteiger partial charge in [0.2, 0.25) is 0 Å². The first kappa shape index (κ1) is 11.7. The lowest BCUT2D eigenvalue weighted by Gasteiger charge is -2.15. The second-order valence-corrected chi connectivity index (χ2v) is 4.85. The van der Waals surface area contributed by atoms with E-state index in [1.54, 1.807) is 18.2 Å². The Bertz CT molecular complexity index is 413. The van der Waals surface area contributed by atoms with Crippen LogP contribution in [0.15, 0.2) is 18.2 Å². The fourth-order valence-corrected chi connectivity index (χ4v) is 2.30. The van der Waals surface area contributed by atoms with Crippen molar-refractivity contribution in [1.82, 2.24) is 0 Å². The fourth-order valence-electron chi connectivity index (χ4n) is 1.88. The van der Waals surface area contributed by atoms with Gasteiger partial charge in [-0.2, -0.15) is 0 Å². The molecule has 1 unspecified atom stereocenters. The van der Waals surface area contributed by atoms with Crippen LogP contribution < -0.4 is 0 Å². The van der Waals surface area contributed by atoms with Crippen molar-refractivity contribution in [2.45, 2.75) is 18.8 Å². The molecule has 0 amide bonds. The Labute approximate surface area is 104 Å². The number of halogens is 2. The first-order valence-corrected chi connectivity index (χ1v) is 5.92. The third kappa shape index (κ3) is 2.33. The van der Waals surface area contributed by atoms with Crippen LogP contribution in [-0.2, 0) is 9.53 Å². The highest BCUT2D eigenvalue weighted by molar-refractivity contribution is 6.33. The van der Waals surface area contributed by atoms with E-state index in [2.05, 4.69) is 0 Å². The van der Waals surface area contributed by atoms with Crippen LogP contribution in [0.25, 0.3) is 0 Å². The Balaban J connectivity index is 2.37. The third-order valence-corrected chi connectivity index (χ3v) is 3.42. The maximum absolute atomic E-state index is 11.7. The number of hydrogen-bond acceptors (Lipinski definition) is 2. The molecule has 0 aliphatic heterocycles. The molecular formula is C12H12Cl2O2. The zero-order valence-corrected chi connectivity index (χ0v) is 10.4. The maximum Gasteiger partial charge on any atom is 0.313 e. The number of esters is 1. The lowest BCUT2D eigenvalue weighted by atomic mass is 9.94. The summed E-state index contributed by atoms with van der Waals surface area (Å²) in [5.41, 5.74) is 0.781. The van der Waals surface area contributed by atoms with Gasteiger partial charge in [0.15, 0.2) is 0 Å². The Hall–Kier alpha value is -0.730.